The molecule has 4 heterocycles. The van der Waals surface area contributed by atoms with Gasteiger partial charge in [-0.3, -0.25) is 9.59 Å². The van der Waals surface area contributed by atoms with Crippen LogP contribution in [0, 0.1) is 5.92 Å². The molecule has 6 rings (SSSR count). The van der Waals surface area contributed by atoms with E-state index in [0.717, 1.165) is 42.6 Å². The molecule has 3 aromatic rings. The van der Waals surface area contributed by atoms with Crippen molar-refractivity contribution in [2.75, 3.05) is 19.0 Å². The average molecular weight is 648 g/mol. The molecule has 46 heavy (non-hydrogen) atoms. The van der Waals surface area contributed by atoms with E-state index in [1.165, 1.54) is 11.3 Å². The van der Waals surface area contributed by atoms with Gasteiger partial charge >= 0.3 is 5.97 Å². The molecule has 2 aliphatic heterocycles. The fourth-order valence-electron chi connectivity index (χ4n) is 6.39. The SMILES string of the molecule is COc1ccc2c(O[C@@H]3C[C@H]4C(=O)N[C@]5(C(=O)O)C[C@H]5/C=C\CCCCCCC(=O)N4C3)cc(-c3csc(NC(C)C)n3)nc2c1. The Morgan fingerprint density at radius 2 is 1.98 bits per heavy atom. The Morgan fingerprint density at radius 1 is 1.15 bits per heavy atom. The molecule has 2 fully saturated rings. The van der Waals surface area contributed by atoms with Gasteiger partial charge in [0.05, 0.1) is 24.9 Å². The van der Waals surface area contributed by atoms with Gasteiger partial charge in [0.15, 0.2) is 5.13 Å². The Bertz CT molecular complexity index is 1660. The summed E-state index contributed by atoms with van der Waals surface area (Å²) < 4.78 is 12.1. The number of methoxy groups -OCH3 is 1. The van der Waals surface area contributed by atoms with Crippen LogP contribution in [-0.2, 0) is 14.4 Å². The van der Waals surface area contributed by atoms with E-state index in [2.05, 4.69) is 24.5 Å². The molecule has 244 valence electrons. The molecule has 2 aromatic heterocycles. The summed E-state index contributed by atoms with van der Waals surface area (Å²) in [7, 11) is 1.60. The molecule has 2 amide bonds. The van der Waals surface area contributed by atoms with Gasteiger partial charge in [0, 0.05) is 47.7 Å². The van der Waals surface area contributed by atoms with Crippen molar-refractivity contribution in [3.05, 3.63) is 41.8 Å². The Labute approximate surface area is 272 Å². The number of fused-ring (bicyclic) bond motifs is 3. The fourth-order valence-corrected chi connectivity index (χ4v) is 7.24. The van der Waals surface area contributed by atoms with Gasteiger partial charge in [-0.25, -0.2) is 14.8 Å². The molecule has 11 nitrogen and oxygen atoms in total. The third-order valence-corrected chi connectivity index (χ3v) is 9.73. The number of thiazole rings is 1. The van der Waals surface area contributed by atoms with Crippen LogP contribution >= 0.6 is 11.3 Å². The number of pyridine rings is 1. The maximum atomic E-state index is 13.7. The summed E-state index contributed by atoms with van der Waals surface area (Å²) in [5, 5.41) is 19.7. The fraction of sp³-hybridized carbons (Fsp3) is 0.500. The highest BCUT2D eigenvalue weighted by Crippen LogP contribution is 2.45. The highest BCUT2D eigenvalue weighted by Gasteiger charge is 2.61. The van der Waals surface area contributed by atoms with Gasteiger partial charge in [-0.1, -0.05) is 25.0 Å². The van der Waals surface area contributed by atoms with Crippen LogP contribution in [0.2, 0.25) is 0 Å². The minimum Gasteiger partial charge on any atom is -0.497 e. The van der Waals surface area contributed by atoms with E-state index in [0.29, 0.717) is 41.2 Å². The second-order valence-corrected chi connectivity index (χ2v) is 13.6. The first-order chi connectivity index (χ1) is 22.2. The molecule has 1 aliphatic carbocycles. The van der Waals surface area contributed by atoms with E-state index in [4.69, 9.17) is 19.4 Å². The molecule has 3 aliphatic rings. The van der Waals surface area contributed by atoms with E-state index in [9.17, 15) is 19.5 Å². The van der Waals surface area contributed by atoms with E-state index >= 15 is 0 Å². The minimum atomic E-state index is -1.34. The van der Waals surface area contributed by atoms with Gasteiger partial charge in [0.2, 0.25) is 11.8 Å². The number of allylic oxidation sites excluding steroid dienone is 1. The molecule has 0 spiro atoms. The summed E-state index contributed by atoms with van der Waals surface area (Å²) in [5.41, 5.74) is 0.647. The lowest BCUT2D eigenvalue weighted by Gasteiger charge is -2.25. The molecular weight excluding hydrogens is 606 g/mol. The Balaban J connectivity index is 1.30. The maximum Gasteiger partial charge on any atom is 0.330 e. The number of anilines is 1. The van der Waals surface area contributed by atoms with Crippen molar-refractivity contribution in [3.8, 4) is 22.9 Å². The van der Waals surface area contributed by atoms with Crippen molar-refractivity contribution >= 4 is 45.2 Å². The van der Waals surface area contributed by atoms with Crippen LogP contribution in [-0.4, -0.2) is 75.1 Å². The lowest BCUT2D eigenvalue weighted by atomic mass is 10.1. The van der Waals surface area contributed by atoms with Crippen LogP contribution in [0.5, 0.6) is 11.5 Å². The quantitative estimate of drug-likeness (QED) is 0.287. The molecule has 12 heteroatoms. The minimum absolute atomic E-state index is 0.117. The Hall–Kier alpha value is -4.19. The number of benzene rings is 1. The molecule has 1 saturated carbocycles. The topological polar surface area (TPSA) is 143 Å². The van der Waals surface area contributed by atoms with E-state index in [1.807, 2.05) is 41.8 Å². The number of nitrogens with one attached hydrogen (secondary N) is 2. The van der Waals surface area contributed by atoms with E-state index in [1.54, 1.807) is 12.0 Å². The second kappa shape index (κ2) is 13.3. The number of carboxylic acid groups (broad SMARTS) is 1. The highest BCUT2D eigenvalue weighted by atomic mass is 32.1. The van der Waals surface area contributed by atoms with Crippen LogP contribution in [0.4, 0.5) is 5.13 Å². The molecule has 0 radical (unpaired) electrons. The van der Waals surface area contributed by atoms with Crippen molar-refractivity contribution in [2.24, 2.45) is 5.92 Å². The largest absolute Gasteiger partial charge is 0.497 e. The summed E-state index contributed by atoms with van der Waals surface area (Å²) in [6.45, 7) is 4.32. The van der Waals surface area contributed by atoms with Gasteiger partial charge in [-0.15, -0.1) is 11.3 Å². The summed E-state index contributed by atoms with van der Waals surface area (Å²) in [4.78, 5) is 50.7. The second-order valence-electron chi connectivity index (χ2n) is 12.7. The van der Waals surface area contributed by atoms with Crippen molar-refractivity contribution in [1.82, 2.24) is 20.2 Å². The van der Waals surface area contributed by atoms with Crippen molar-refractivity contribution in [1.29, 1.82) is 0 Å². The van der Waals surface area contributed by atoms with Gasteiger partial charge in [-0.05, 0) is 51.7 Å². The van der Waals surface area contributed by atoms with Crippen LogP contribution in [0.1, 0.15) is 65.2 Å². The standard InChI is InChI=1S/C34H41N5O6S/c1-20(2)35-33-37-27(19-46-33)26-16-29(24-13-12-22(44-3)14-25(24)36-26)45-23-15-28-31(41)38-34(32(42)43)17-21(34)10-8-6-4-5-7-9-11-30(40)39(28)18-23/h8,10,12-14,16,19-21,23,28H,4-7,9,11,15,17-18H2,1-3H3,(H,35,37)(H,38,41)(H,42,43)/b10-8-/t21-,23-,28+,34-/m1/s1. The number of ether oxygens (including phenoxy) is 2. The van der Waals surface area contributed by atoms with Gasteiger partial charge in [0.25, 0.3) is 0 Å². The van der Waals surface area contributed by atoms with Crippen molar-refractivity contribution in [2.45, 2.75) is 88.9 Å². The van der Waals surface area contributed by atoms with Crippen LogP contribution in [0.3, 0.4) is 0 Å². The highest BCUT2D eigenvalue weighted by molar-refractivity contribution is 7.14. The zero-order chi connectivity index (χ0) is 32.4. The first-order valence-corrected chi connectivity index (χ1v) is 16.9. The molecule has 0 unspecified atom stereocenters. The third kappa shape index (κ3) is 6.67. The number of rotatable bonds is 7. The summed E-state index contributed by atoms with van der Waals surface area (Å²) in [6.07, 6.45) is 8.85. The lowest BCUT2D eigenvalue weighted by Crippen LogP contribution is -2.53. The number of amides is 2. The van der Waals surface area contributed by atoms with E-state index in [-0.39, 0.29) is 30.8 Å². The summed E-state index contributed by atoms with van der Waals surface area (Å²) in [5.74, 6) is -0.679. The van der Waals surface area contributed by atoms with Gasteiger partial charge in [0.1, 0.15) is 34.9 Å². The first-order valence-electron chi connectivity index (χ1n) is 16.1. The molecule has 3 N–H and O–H groups in total. The molecular formula is C34H41N5O6S. The number of carboxylic acids is 1. The number of carbonyl (C=O) groups is 3. The number of carbonyl (C=O) groups excluding carboxylic acids is 2. The zero-order valence-electron chi connectivity index (χ0n) is 26.5. The predicted molar refractivity (Wildman–Crippen MR) is 176 cm³/mol. The normalized spacial score (nSPS) is 26.0. The van der Waals surface area contributed by atoms with Crippen molar-refractivity contribution in [3.63, 3.8) is 0 Å². The number of nitrogens with zero attached hydrogens (tertiary/aromatic N) is 3. The first kappa shape index (κ1) is 31.8. The zero-order valence-corrected chi connectivity index (χ0v) is 27.3. The number of aliphatic carboxylic acids is 1. The molecule has 1 saturated heterocycles. The Kier molecular flexibility index (Phi) is 9.17. The Morgan fingerprint density at radius 3 is 2.76 bits per heavy atom. The summed E-state index contributed by atoms with van der Waals surface area (Å²) in [6, 6.07) is 6.81. The van der Waals surface area contributed by atoms with E-state index < -0.39 is 29.6 Å². The number of aromatic nitrogens is 2. The van der Waals surface area contributed by atoms with Gasteiger partial charge in [-0.2, -0.15) is 0 Å². The molecule has 0 bridgehead atoms. The predicted octanol–water partition coefficient (Wildman–Crippen LogP) is 5.41. The average Bonchev–Trinajstić information content (AvgIpc) is 3.32. The van der Waals surface area contributed by atoms with Gasteiger partial charge < -0.3 is 30.1 Å². The maximum absolute atomic E-state index is 13.7. The smallest absolute Gasteiger partial charge is 0.330 e. The third-order valence-electron chi connectivity index (χ3n) is 8.96. The summed E-state index contributed by atoms with van der Waals surface area (Å²) >= 11 is 1.50. The number of hydrogen-bond donors (Lipinski definition) is 3. The van der Waals surface area contributed by atoms with Crippen LogP contribution in [0.25, 0.3) is 22.3 Å². The molecule has 1 aromatic carbocycles. The lowest BCUT2D eigenvalue weighted by molar-refractivity contribution is -0.145. The molecule has 4 atom stereocenters. The van der Waals surface area contributed by atoms with Crippen LogP contribution < -0.4 is 20.1 Å². The number of hydrogen-bond acceptors (Lipinski definition) is 9. The van der Waals surface area contributed by atoms with Crippen LogP contribution in [0.15, 0.2) is 41.8 Å². The monoisotopic (exact) mass is 647 g/mol. The van der Waals surface area contributed by atoms with Crippen molar-refractivity contribution < 1.29 is 29.0 Å².